The van der Waals surface area contributed by atoms with Gasteiger partial charge in [0.15, 0.2) is 0 Å². The van der Waals surface area contributed by atoms with E-state index in [0.29, 0.717) is 12.8 Å². The van der Waals surface area contributed by atoms with Crippen molar-refractivity contribution >= 4 is 11.9 Å². The Morgan fingerprint density at radius 1 is 0.481 bits per heavy atom. The molecule has 0 saturated carbocycles. The Morgan fingerprint density at radius 2 is 0.704 bits per heavy atom. The summed E-state index contributed by atoms with van der Waals surface area (Å²) in [6.45, 7) is 4.43. The highest BCUT2D eigenvalue weighted by atomic mass is 16.4. The molecular weight excluding hydrogens is 344 g/mol. The summed E-state index contributed by atoms with van der Waals surface area (Å²) in [4.78, 5) is 20.3. The first kappa shape index (κ1) is 30.6. The lowest BCUT2D eigenvalue weighted by molar-refractivity contribution is -0.138. The molecule has 0 atom stereocenters. The highest BCUT2D eigenvalue weighted by Crippen LogP contribution is 2.10. The summed E-state index contributed by atoms with van der Waals surface area (Å²) in [7, 11) is 0. The van der Waals surface area contributed by atoms with Crippen molar-refractivity contribution < 1.29 is 25.3 Å². The third-order valence-corrected chi connectivity index (χ3v) is 4.49. The van der Waals surface area contributed by atoms with Gasteiger partial charge in [0, 0.05) is 12.8 Å². The number of rotatable bonds is 18. The second-order valence-electron chi connectivity index (χ2n) is 7.24. The van der Waals surface area contributed by atoms with Gasteiger partial charge in [0.2, 0.25) is 0 Å². The molecule has 0 aromatic rings. The zero-order valence-electron chi connectivity index (χ0n) is 17.9. The molecule has 0 saturated heterocycles. The highest BCUT2D eigenvalue weighted by Gasteiger charge is 1.97. The molecule has 0 bridgehead atoms. The molecule has 164 valence electrons. The van der Waals surface area contributed by atoms with Gasteiger partial charge in [-0.25, -0.2) is 0 Å². The van der Waals surface area contributed by atoms with Crippen LogP contribution in [0.2, 0.25) is 0 Å². The normalized spacial score (nSPS) is 9.85. The maximum Gasteiger partial charge on any atom is 0.303 e. The van der Waals surface area contributed by atoms with Gasteiger partial charge in [-0.05, 0) is 12.8 Å². The Balaban J connectivity index is -0.000000411. The lowest BCUT2D eigenvalue weighted by atomic mass is 10.1. The molecule has 5 heteroatoms. The SMILES string of the molecule is CCCCCCCCCCC(=O)O.CCCCCCCCCCC(=O)O.O. The van der Waals surface area contributed by atoms with E-state index in [1.54, 1.807) is 0 Å². The molecule has 0 aliphatic rings. The van der Waals surface area contributed by atoms with E-state index in [-0.39, 0.29) is 5.48 Å². The number of hydrogen-bond donors (Lipinski definition) is 2. The van der Waals surface area contributed by atoms with Crippen LogP contribution in [-0.2, 0) is 9.59 Å². The molecule has 0 radical (unpaired) electrons. The quantitative estimate of drug-likeness (QED) is 0.265. The van der Waals surface area contributed by atoms with Gasteiger partial charge in [-0.1, -0.05) is 104 Å². The maximum atomic E-state index is 10.2. The van der Waals surface area contributed by atoms with Crippen molar-refractivity contribution in [1.29, 1.82) is 0 Å². The molecule has 5 nitrogen and oxygen atoms in total. The summed E-state index contributed by atoms with van der Waals surface area (Å²) in [6, 6.07) is 0. The van der Waals surface area contributed by atoms with Crippen molar-refractivity contribution in [1.82, 2.24) is 0 Å². The molecule has 0 amide bonds. The van der Waals surface area contributed by atoms with Crippen molar-refractivity contribution in [3.8, 4) is 0 Å². The van der Waals surface area contributed by atoms with Crippen molar-refractivity contribution in [2.24, 2.45) is 0 Å². The van der Waals surface area contributed by atoms with E-state index in [9.17, 15) is 9.59 Å². The van der Waals surface area contributed by atoms with Gasteiger partial charge in [0.1, 0.15) is 0 Å². The van der Waals surface area contributed by atoms with Gasteiger partial charge in [0.25, 0.3) is 0 Å². The molecule has 0 aliphatic carbocycles. The monoisotopic (exact) mass is 390 g/mol. The van der Waals surface area contributed by atoms with Crippen LogP contribution in [-0.4, -0.2) is 27.6 Å². The maximum absolute atomic E-state index is 10.2. The van der Waals surface area contributed by atoms with Crippen molar-refractivity contribution in [3.63, 3.8) is 0 Å². The highest BCUT2D eigenvalue weighted by molar-refractivity contribution is 5.66. The van der Waals surface area contributed by atoms with E-state index < -0.39 is 11.9 Å². The molecule has 4 N–H and O–H groups in total. The minimum Gasteiger partial charge on any atom is -0.481 e. The number of hydrogen-bond acceptors (Lipinski definition) is 2. The van der Waals surface area contributed by atoms with Crippen LogP contribution in [0.25, 0.3) is 0 Å². The lowest BCUT2D eigenvalue weighted by Crippen LogP contribution is -1.93. The molecule has 0 rings (SSSR count). The smallest absolute Gasteiger partial charge is 0.303 e. The van der Waals surface area contributed by atoms with Gasteiger partial charge in [-0.15, -0.1) is 0 Å². The summed E-state index contributed by atoms with van der Waals surface area (Å²) < 4.78 is 0. The van der Waals surface area contributed by atoms with Crippen LogP contribution < -0.4 is 0 Å². The van der Waals surface area contributed by atoms with Gasteiger partial charge < -0.3 is 15.7 Å². The summed E-state index contributed by atoms with van der Waals surface area (Å²) in [5, 5.41) is 16.8. The summed E-state index contributed by atoms with van der Waals surface area (Å²) in [5.74, 6) is -1.32. The van der Waals surface area contributed by atoms with Crippen LogP contribution >= 0.6 is 0 Å². The summed E-state index contributed by atoms with van der Waals surface area (Å²) in [6.07, 6.45) is 20.1. The number of carboxylic acids is 2. The lowest BCUT2D eigenvalue weighted by Gasteiger charge is -1.99. The predicted octanol–water partition coefficient (Wildman–Crippen LogP) is 6.38. The Bertz CT molecular complexity index is 275. The zero-order chi connectivity index (χ0) is 19.9. The van der Waals surface area contributed by atoms with Gasteiger partial charge in [0.05, 0.1) is 0 Å². The minimum atomic E-state index is -0.661. The fourth-order valence-corrected chi connectivity index (χ4v) is 2.82. The molecule has 0 aliphatic heterocycles. The van der Waals surface area contributed by atoms with E-state index in [1.165, 1.54) is 77.0 Å². The van der Waals surface area contributed by atoms with Crippen LogP contribution in [0.1, 0.15) is 129 Å². The topological polar surface area (TPSA) is 106 Å². The minimum absolute atomic E-state index is 0. The van der Waals surface area contributed by atoms with Gasteiger partial charge >= 0.3 is 11.9 Å². The molecule has 0 heterocycles. The first-order valence-corrected chi connectivity index (χ1v) is 11.0. The number of aliphatic carboxylic acids is 2. The summed E-state index contributed by atoms with van der Waals surface area (Å²) >= 11 is 0. The number of carbonyl (C=O) groups is 2. The third-order valence-electron chi connectivity index (χ3n) is 4.49. The Labute approximate surface area is 167 Å². The fourth-order valence-electron chi connectivity index (χ4n) is 2.82. The van der Waals surface area contributed by atoms with Crippen molar-refractivity contribution in [2.45, 2.75) is 129 Å². The Hall–Kier alpha value is -1.10. The van der Waals surface area contributed by atoms with Crippen molar-refractivity contribution in [2.75, 3.05) is 0 Å². The van der Waals surface area contributed by atoms with Crippen LogP contribution in [0.5, 0.6) is 0 Å². The number of carboxylic acid groups (broad SMARTS) is 2. The first-order valence-electron chi connectivity index (χ1n) is 11.0. The molecule has 0 fully saturated rings. The molecule has 0 spiro atoms. The average Bonchev–Trinajstić information content (AvgIpc) is 2.60. The van der Waals surface area contributed by atoms with Crippen LogP contribution in [0.15, 0.2) is 0 Å². The average molecular weight is 391 g/mol. The number of unbranched alkanes of at least 4 members (excludes halogenated alkanes) is 14. The Morgan fingerprint density at radius 3 is 0.926 bits per heavy atom. The summed E-state index contributed by atoms with van der Waals surface area (Å²) in [5.41, 5.74) is 0. The van der Waals surface area contributed by atoms with E-state index in [4.69, 9.17) is 10.2 Å². The molecule has 0 unspecified atom stereocenters. The van der Waals surface area contributed by atoms with Crippen LogP contribution in [0.4, 0.5) is 0 Å². The van der Waals surface area contributed by atoms with Crippen LogP contribution in [0.3, 0.4) is 0 Å². The fraction of sp³-hybridized carbons (Fsp3) is 0.909. The van der Waals surface area contributed by atoms with Gasteiger partial charge in [-0.3, -0.25) is 9.59 Å². The van der Waals surface area contributed by atoms with Crippen LogP contribution in [0, 0.1) is 0 Å². The molecule has 0 aromatic carbocycles. The molecule has 0 aromatic heterocycles. The first-order chi connectivity index (χ1) is 12.5. The second kappa shape index (κ2) is 27.1. The van der Waals surface area contributed by atoms with E-state index in [0.717, 1.165) is 25.7 Å². The molecular formula is C22H46O5. The standard InChI is InChI=1S/2C11H22O2.H2O/c2*1-2-3-4-5-6-7-8-9-10-11(12)13;/h2*2-10H2,1H3,(H,12,13);1H2. The second-order valence-corrected chi connectivity index (χ2v) is 7.24. The Kier molecular flexibility index (Phi) is 30.8. The van der Waals surface area contributed by atoms with E-state index >= 15 is 0 Å². The van der Waals surface area contributed by atoms with E-state index in [1.807, 2.05) is 0 Å². The van der Waals surface area contributed by atoms with E-state index in [2.05, 4.69) is 13.8 Å². The largest absolute Gasteiger partial charge is 0.481 e. The third kappa shape index (κ3) is 36.6. The zero-order valence-corrected chi connectivity index (χ0v) is 17.9. The predicted molar refractivity (Wildman–Crippen MR) is 113 cm³/mol. The molecule has 27 heavy (non-hydrogen) atoms. The van der Waals surface area contributed by atoms with Crippen molar-refractivity contribution in [3.05, 3.63) is 0 Å². The van der Waals surface area contributed by atoms with Gasteiger partial charge in [-0.2, -0.15) is 0 Å².